The molecule has 0 aromatic heterocycles. The van der Waals surface area contributed by atoms with E-state index in [-0.39, 0.29) is 11.4 Å². The van der Waals surface area contributed by atoms with Gasteiger partial charge in [-0.05, 0) is 13.3 Å². The molecule has 0 aromatic rings. The van der Waals surface area contributed by atoms with E-state index in [0.29, 0.717) is 6.61 Å². The highest BCUT2D eigenvalue weighted by atomic mass is 16.5. The number of rotatable bonds is 4. The van der Waals surface area contributed by atoms with Gasteiger partial charge in [-0.1, -0.05) is 19.4 Å². The smallest absolute Gasteiger partial charge is 0.302 e. The molecule has 0 saturated heterocycles. The fraction of sp³-hybridized carbons (Fsp3) is 0.700. The number of hydrogen-bond donors (Lipinski definition) is 0. The van der Waals surface area contributed by atoms with Crippen LogP contribution in [0.4, 0.5) is 0 Å². The van der Waals surface area contributed by atoms with Gasteiger partial charge in [0.1, 0.15) is 0 Å². The van der Waals surface area contributed by atoms with Crippen molar-refractivity contribution in [1.29, 1.82) is 0 Å². The molecule has 0 amide bonds. The summed E-state index contributed by atoms with van der Waals surface area (Å²) in [6, 6.07) is 0. The maximum absolute atomic E-state index is 10.5. The molecular weight excluding hydrogens is 152 g/mol. The van der Waals surface area contributed by atoms with Gasteiger partial charge in [-0.15, -0.1) is 6.58 Å². The second kappa shape index (κ2) is 4.29. The van der Waals surface area contributed by atoms with E-state index in [9.17, 15) is 4.79 Å². The van der Waals surface area contributed by atoms with Crippen molar-refractivity contribution >= 4 is 5.97 Å². The Morgan fingerprint density at radius 2 is 1.92 bits per heavy atom. The minimum Gasteiger partial charge on any atom is -0.465 e. The molecular formula is C10H18O2. The van der Waals surface area contributed by atoms with Gasteiger partial charge in [0.05, 0.1) is 6.61 Å². The first-order chi connectivity index (χ1) is 5.33. The molecule has 0 N–H and O–H groups in total. The Morgan fingerprint density at radius 1 is 1.42 bits per heavy atom. The van der Waals surface area contributed by atoms with Crippen LogP contribution in [0.1, 0.15) is 34.1 Å². The summed E-state index contributed by atoms with van der Waals surface area (Å²) in [6.45, 7) is 11.8. The first-order valence-electron chi connectivity index (χ1n) is 4.11. The van der Waals surface area contributed by atoms with E-state index in [1.54, 1.807) is 0 Å². The predicted molar refractivity (Wildman–Crippen MR) is 49.8 cm³/mol. The first-order valence-corrected chi connectivity index (χ1v) is 4.11. The van der Waals surface area contributed by atoms with Crippen LogP contribution in [0.3, 0.4) is 0 Å². The quantitative estimate of drug-likeness (QED) is 0.478. The van der Waals surface area contributed by atoms with Crippen molar-refractivity contribution in [2.45, 2.75) is 34.1 Å². The number of carbonyl (C=O) groups excluding carboxylic acids is 1. The van der Waals surface area contributed by atoms with Crippen molar-refractivity contribution in [3.63, 3.8) is 0 Å². The zero-order valence-corrected chi connectivity index (χ0v) is 8.44. The van der Waals surface area contributed by atoms with Crippen LogP contribution in [0.5, 0.6) is 0 Å². The molecule has 0 bridgehead atoms. The molecule has 2 heteroatoms. The van der Waals surface area contributed by atoms with Gasteiger partial charge in [-0.3, -0.25) is 4.79 Å². The van der Waals surface area contributed by atoms with Crippen LogP contribution in [-0.4, -0.2) is 12.6 Å². The first kappa shape index (κ1) is 11.2. The lowest BCUT2D eigenvalue weighted by molar-refractivity contribution is -0.143. The van der Waals surface area contributed by atoms with Gasteiger partial charge in [0.25, 0.3) is 0 Å². The average Bonchev–Trinajstić information content (AvgIpc) is 1.81. The summed E-state index contributed by atoms with van der Waals surface area (Å²) in [4.78, 5) is 10.5. The SMILES string of the molecule is C=C(C)CC(C)(C)COC(C)=O. The summed E-state index contributed by atoms with van der Waals surface area (Å²) < 4.78 is 4.93. The second-order valence-corrected chi connectivity index (χ2v) is 4.08. The molecule has 0 spiro atoms. The number of hydrogen-bond acceptors (Lipinski definition) is 2. The molecule has 0 aliphatic rings. The molecule has 0 atom stereocenters. The van der Waals surface area contributed by atoms with Crippen LogP contribution in [0, 0.1) is 5.41 Å². The molecule has 0 rings (SSSR count). The Morgan fingerprint density at radius 3 is 2.25 bits per heavy atom. The lowest BCUT2D eigenvalue weighted by atomic mass is 9.87. The third-order valence-corrected chi connectivity index (χ3v) is 1.45. The third kappa shape index (κ3) is 5.96. The Hall–Kier alpha value is -0.790. The lowest BCUT2D eigenvalue weighted by Gasteiger charge is -2.23. The monoisotopic (exact) mass is 170 g/mol. The molecule has 0 aliphatic carbocycles. The lowest BCUT2D eigenvalue weighted by Crippen LogP contribution is -2.21. The van der Waals surface area contributed by atoms with E-state index in [1.807, 2.05) is 6.92 Å². The van der Waals surface area contributed by atoms with Gasteiger partial charge >= 0.3 is 5.97 Å². The molecule has 0 fully saturated rings. The Labute approximate surface area is 74.6 Å². The largest absolute Gasteiger partial charge is 0.465 e. The van der Waals surface area contributed by atoms with Gasteiger partial charge in [0.2, 0.25) is 0 Å². The van der Waals surface area contributed by atoms with Gasteiger partial charge in [-0.2, -0.15) is 0 Å². The van der Waals surface area contributed by atoms with E-state index in [4.69, 9.17) is 4.74 Å². The van der Waals surface area contributed by atoms with Crippen LogP contribution in [0.25, 0.3) is 0 Å². The summed E-state index contributed by atoms with van der Waals surface area (Å²) in [6.07, 6.45) is 0.889. The molecule has 0 aliphatic heterocycles. The van der Waals surface area contributed by atoms with E-state index in [1.165, 1.54) is 6.92 Å². The summed E-state index contributed by atoms with van der Waals surface area (Å²) in [5.41, 5.74) is 1.13. The van der Waals surface area contributed by atoms with Crippen LogP contribution in [-0.2, 0) is 9.53 Å². The standard InChI is InChI=1S/C10H18O2/c1-8(2)6-10(4,5)7-12-9(3)11/h1,6-7H2,2-5H3. The summed E-state index contributed by atoms with van der Waals surface area (Å²) in [5, 5.41) is 0. The Bertz CT molecular complexity index is 180. The van der Waals surface area contributed by atoms with Crippen LogP contribution >= 0.6 is 0 Å². The number of esters is 1. The topological polar surface area (TPSA) is 26.3 Å². The zero-order valence-electron chi connectivity index (χ0n) is 8.44. The average molecular weight is 170 g/mol. The van der Waals surface area contributed by atoms with Crippen molar-refractivity contribution in [2.75, 3.05) is 6.61 Å². The summed E-state index contributed by atoms with van der Waals surface area (Å²) >= 11 is 0. The maximum atomic E-state index is 10.5. The van der Waals surface area contributed by atoms with Crippen LogP contribution < -0.4 is 0 Å². The van der Waals surface area contributed by atoms with Crippen molar-refractivity contribution in [2.24, 2.45) is 5.41 Å². The van der Waals surface area contributed by atoms with Gasteiger partial charge in [0.15, 0.2) is 0 Å². The highest BCUT2D eigenvalue weighted by Crippen LogP contribution is 2.24. The van der Waals surface area contributed by atoms with Crippen molar-refractivity contribution in [1.82, 2.24) is 0 Å². The van der Waals surface area contributed by atoms with Crippen LogP contribution in [0.2, 0.25) is 0 Å². The number of ether oxygens (including phenoxy) is 1. The highest BCUT2D eigenvalue weighted by molar-refractivity contribution is 5.65. The van der Waals surface area contributed by atoms with Crippen molar-refractivity contribution in [3.8, 4) is 0 Å². The summed E-state index contributed by atoms with van der Waals surface area (Å²) in [7, 11) is 0. The molecule has 0 aromatic carbocycles. The minimum absolute atomic E-state index is 0.0114. The third-order valence-electron chi connectivity index (χ3n) is 1.45. The van der Waals surface area contributed by atoms with E-state index in [0.717, 1.165) is 12.0 Å². The number of allylic oxidation sites excluding steroid dienone is 1. The van der Waals surface area contributed by atoms with Crippen molar-refractivity contribution < 1.29 is 9.53 Å². The second-order valence-electron chi connectivity index (χ2n) is 4.08. The fourth-order valence-electron chi connectivity index (χ4n) is 1.16. The van der Waals surface area contributed by atoms with Crippen LogP contribution in [0.15, 0.2) is 12.2 Å². The Kier molecular flexibility index (Phi) is 4.01. The molecule has 0 saturated carbocycles. The Balaban J connectivity index is 3.86. The molecule has 0 unspecified atom stereocenters. The van der Waals surface area contributed by atoms with Gasteiger partial charge < -0.3 is 4.74 Å². The summed E-state index contributed by atoms with van der Waals surface area (Å²) in [5.74, 6) is -0.218. The maximum Gasteiger partial charge on any atom is 0.302 e. The molecule has 2 nitrogen and oxygen atoms in total. The fourth-order valence-corrected chi connectivity index (χ4v) is 1.16. The normalized spacial score (nSPS) is 11.0. The minimum atomic E-state index is -0.218. The zero-order chi connectivity index (χ0) is 9.78. The van der Waals surface area contributed by atoms with Crippen molar-refractivity contribution in [3.05, 3.63) is 12.2 Å². The van der Waals surface area contributed by atoms with E-state index >= 15 is 0 Å². The van der Waals surface area contributed by atoms with Gasteiger partial charge in [0, 0.05) is 12.3 Å². The van der Waals surface area contributed by atoms with E-state index in [2.05, 4.69) is 20.4 Å². The highest BCUT2D eigenvalue weighted by Gasteiger charge is 2.19. The number of carbonyl (C=O) groups is 1. The molecule has 70 valence electrons. The molecule has 0 heterocycles. The predicted octanol–water partition coefficient (Wildman–Crippen LogP) is 2.54. The van der Waals surface area contributed by atoms with E-state index < -0.39 is 0 Å². The molecule has 12 heavy (non-hydrogen) atoms. The van der Waals surface area contributed by atoms with Gasteiger partial charge in [-0.25, -0.2) is 0 Å². The molecule has 0 radical (unpaired) electrons.